The van der Waals surface area contributed by atoms with Crippen molar-refractivity contribution in [2.45, 2.75) is 45.1 Å². The summed E-state index contributed by atoms with van der Waals surface area (Å²) in [7, 11) is 1.90. The van der Waals surface area contributed by atoms with Crippen LogP contribution < -0.4 is 0 Å². The van der Waals surface area contributed by atoms with Crippen LogP contribution in [0.15, 0.2) is 0 Å². The van der Waals surface area contributed by atoms with Crippen molar-refractivity contribution in [3.8, 4) is 0 Å². The summed E-state index contributed by atoms with van der Waals surface area (Å²) in [6.45, 7) is 6.11. The lowest BCUT2D eigenvalue weighted by Crippen LogP contribution is -2.59. The Balaban J connectivity index is 2.82. The second-order valence-corrected chi connectivity index (χ2v) is 4.34. The third kappa shape index (κ3) is 1.37. The van der Waals surface area contributed by atoms with Gasteiger partial charge in [0.15, 0.2) is 0 Å². The molecule has 72 valence electrons. The Morgan fingerprint density at radius 1 is 1.33 bits per heavy atom. The van der Waals surface area contributed by atoms with Crippen molar-refractivity contribution in [3.05, 3.63) is 0 Å². The zero-order chi connectivity index (χ0) is 9.52. The van der Waals surface area contributed by atoms with Crippen LogP contribution in [0.25, 0.3) is 0 Å². The van der Waals surface area contributed by atoms with Crippen molar-refractivity contribution in [3.63, 3.8) is 0 Å². The Labute approximate surface area is 74.0 Å². The van der Waals surface area contributed by atoms with Crippen LogP contribution in [0.1, 0.15) is 27.2 Å². The minimum Gasteiger partial charge on any atom is -0.393 e. The van der Waals surface area contributed by atoms with E-state index in [1.807, 2.05) is 32.7 Å². The molecule has 1 fully saturated rings. The Morgan fingerprint density at radius 3 is 2.33 bits per heavy atom. The third-order valence-corrected chi connectivity index (χ3v) is 3.50. The molecule has 3 unspecified atom stereocenters. The van der Waals surface area contributed by atoms with Gasteiger partial charge in [-0.1, -0.05) is 6.92 Å². The molecule has 0 amide bonds. The minimum atomic E-state index is -0.508. The second-order valence-electron chi connectivity index (χ2n) is 4.34. The van der Waals surface area contributed by atoms with Crippen molar-refractivity contribution >= 4 is 0 Å². The zero-order valence-corrected chi connectivity index (χ0v) is 8.28. The predicted octanol–water partition coefficient (Wildman–Crippen LogP) is 0.416. The molecule has 0 aromatic rings. The molecule has 3 atom stereocenters. The van der Waals surface area contributed by atoms with E-state index in [2.05, 4.69) is 0 Å². The van der Waals surface area contributed by atoms with Gasteiger partial charge in [0.1, 0.15) is 6.23 Å². The summed E-state index contributed by atoms with van der Waals surface area (Å²) in [4.78, 5) is 1.92. The van der Waals surface area contributed by atoms with Gasteiger partial charge in [0.2, 0.25) is 0 Å². The van der Waals surface area contributed by atoms with Gasteiger partial charge >= 0.3 is 0 Å². The van der Waals surface area contributed by atoms with Crippen molar-refractivity contribution in [1.29, 1.82) is 0 Å². The van der Waals surface area contributed by atoms with E-state index in [1.54, 1.807) is 0 Å². The van der Waals surface area contributed by atoms with Crippen LogP contribution in [0.2, 0.25) is 0 Å². The molecule has 0 bridgehead atoms. The first-order chi connectivity index (χ1) is 5.37. The van der Waals surface area contributed by atoms with Crippen molar-refractivity contribution in [2.24, 2.45) is 5.92 Å². The highest BCUT2D eigenvalue weighted by Gasteiger charge is 2.42. The van der Waals surface area contributed by atoms with Gasteiger partial charge in [-0.25, -0.2) is 0 Å². The lowest BCUT2D eigenvalue weighted by atomic mass is 9.78. The van der Waals surface area contributed by atoms with Gasteiger partial charge in [0, 0.05) is 17.9 Å². The fraction of sp³-hybridized carbons (Fsp3) is 1.00. The number of hydrogen-bond acceptors (Lipinski definition) is 3. The summed E-state index contributed by atoms with van der Waals surface area (Å²) in [6, 6.07) is 0. The van der Waals surface area contributed by atoms with E-state index in [0.29, 0.717) is 6.42 Å². The van der Waals surface area contributed by atoms with E-state index in [-0.39, 0.29) is 17.6 Å². The van der Waals surface area contributed by atoms with E-state index in [9.17, 15) is 10.2 Å². The Kier molecular flexibility index (Phi) is 2.47. The smallest absolute Gasteiger partial charge is 0.110 e. The quantitative estimate of drug-likeness (QED) is 0.558. The summed E-state index contributed by atoms with van der Waals surface area (Å²) < 4.78 is 0. The maximum atomic E-state index is 9.61. The molecule has 0 saturated carbocycles. The average molecular weight is 173 g/mol. The molecule has 0 aliphatic carbocycles. The van der Waals surface area contributed by atoms with E-state index in [1.165, 1.54) is 0 Å². The molecule has 1 aliphatic heterocycles. The first-order valence-corrected chi connectivity index (χ1v) is 4.46. The topological polar surface area (TPSA) is 43.7 Å². The third-order valence-electron chi connectivity index (χ3n) is 3.50. The molecule has 3 nitrogen and oxygen atoms in total. The standard InChI is InChI=1S/C9H19NO2/c1-6-7(11)5-8(12)10(4)9(6,2)3/h6-8,11-12H,5H2,1-4H3. The fourth-order valence-electron chi connectivity index (χ4n) is 1.75. The van der Waals surface area contributed by atoms with Gasteiger partial charge in [-0.15, -0.1) is 0 Å². The highest BCUT2D eigenvalue weighted by Crippen LogP contribution is 2.34. The average Bonchev–Trinajstić information content (AvgIpc) is 1.99. The van der Waals surface area contributed by atoms with Crippen LogP contribution in [-0.2, 0) is 0 Å². The Morgan fingerprint density at radius 2 is 1.83 bits per heavy atom. The highest BCUT2D eigenvalue weighted by atomic mass is 16.3. The van der Waals surface area contributed by atoms with Crippen LogP contribution in [0.3, 0.4) is 0 Å². The number of likely N-dealkylation sites (tertiary alicyclic amines) is 1. The van der Waals surface area contributed by atoms with Gasteiger partial charge in [0.25, 0.3) is 0 Å². The zero-order valence-electron chi connectivity index (χ0n) is 8.28. The van der Waals surface area contributed by atoms with Gasteiger partial charge in [-0.3, -0.25) is 4.90 Å². The number of aliphatic hydroxyl groups is 2. The SMILES string of the molecule is CC1C(O)CC(O)N(C)C1(C)C. The number of aliphatic hydroxyl groups excluding tert-OH is 2. The van der Waals surface area contributed by atoms with Crippen LogP contribution in [0, 0.1) is 5.92 Å². The molecular weight excluding hydrogens is 154 g/mol. The number of hydrogen-bond donors (Lipinski definition) is 2. The molecule has 1 aliphatic rings. The molecule has 0 aromatic carbocycles. The van der Waals surface area contributed by atoms with E-state index < -0.39 is 6.23 Å². The predicted molar refractivity (Wildman–Crippen MR) is 47.6 cm³/mol. The van der Waals surface area contributed by atoms with Crippen molar-refractivity contribution in [2.75, 3.05) is 7.05 Å². The molecule has 12 heavy (non-hydrogen) atoms. The van der Waals surface area contributed by atoms with Gasteiger partial charge in [-0.05, 0) is 20.9 Å². The van der Waals surface area contributed by atoms with Gasteiger partial charge in [-0.2, -0.15) is 0 Å². The normalized spacial score (nSPS) is 43.0. The second kappa shape index (κ2) is 2.98. The fourth-order valence-corrected chi connectivity index (χ4v) is 1.75. The molecule has 3 heteroatoms. The van der Waals surface area contributed by atoms with Gasteiger partial charge < -0.3 is 10.2 Å². The van der Waals surface area contributed by atoms with Crippen LogP contribution in [0.4, 0.5) is 0 Å². The van der Waals surface area contributed by atoms with E-state index >= 15 is 0 Å². The molecule has 1 saturated heterocycles. The largest absolute Gasteiger partial charge is 0.393 e. The Bertz CT molecular complexity index is 154. The number of nitrogens with zero attached hydrogens (tertiary/aromatic N) is 1. The van der Waals surface area contributed by atoms with Crippen LogP contribution in [-0.4, -0.2) is 40.0 Å². The molecule has 0 spiro atoms. The lowest BCUT2D eigenvalue weighted by molar-refractivity contribution is -0.143. The molecule has 0 aromatic heterocycles. The maximum Gasteiger partial charge on any atom is 0.110 e. The van der Waals surface area contributed by atoms with E-state index in [0.717, 1.165) is 0 Å². The van der Waals surface area contributed by atoms with Crippen molar-refractivity contribution < 1.29 is 10.2 Å². The highest BCUT2D eigenvalue weighted by molar-refractivity contribution is 4.94. The molecule has 1 rings (SSSR count). The molecule has 2 N–H and O–H groups in total. The first kappa shape index (κ1) is 9.96. The summed E-state index contributed by atoms with van der Waals surface area (Å²) >= 11 is 0. The maximum absolute atomic E-state index is 9.61. The summed E-state index contributed by atoms with van der Waals surface area (Å²) in [5, 5.41) is 19.2. The number of piperidine rings is 1. The summed E-state index contributed by atoms with van der Waals surface area (Å²) in [6.07, 6.45) is -0.432. The van der Waals surface area contributed by atoms with Gasteiger partial charge in [0.05, 0.1) is 6.10 Å². The lowest BCUT2D eigenvalue weighted by Gasteiger charge is -2.49. The number of rotatable bonds is 0. The van der Waals surface area contributed by atoms with Crippen molar-refractivity contribution in [1.82, 2.24) is 4.90 Å². The molecular formula is C9H19NO2. The molecule has 1 heterocycles. The monoisotopic (exact) mass is 173 g/mol. The van der Waals surface area contributed by atoms with Crippen LogP contribution >= 0.6 is 0 Å². The minimum absolute atomic E-state index is 0.128. The molecule has 0 radical (unpaired) electrons. The van der Waals surface area contributed by atoms with E-state index in [4.69, 9.17) is 0 Å². The summed E-state index contributed by atoms with van der Waals surface area (Å²) in [5.74, 6) is 0.200. The Hall–Kier alpha value is -0.120. The summed E-state index contributed by atoms with van der Waals surface area (Å²) in [5.41, 5.74) is -0.128. The first-order valence-electron chi connectivity index (χ1n) is 4.46. The van der Waals surface area contributed by atoms with Crippen LogP contribution in [0.5, 0.6) is 0 Å².